The zero-order valence-corrected chi connectivity index (χ0v) is 16.9. The Kier molecular flexibility index (Phi) is 5.70. The maximum Gasteiger partial charge on any atom is 0.211 e. The van der Waals surface area contributed by atoms with E-state index in [0.29, 0.717) is 5.82 Å². The van der Waals surface area contributed by atoms with Crippen LogP contribution in [-0.2, 0) is 0 Å². The fourth-order valence-corrected chi connectivity index (χ4v) is 3.01. The number of anilines is 2. The predicted octanol–water partition coefficient (Wildman–Crippen LogP) is 4.08. The molecule has 154 valence electrons. The molecule has 0 aliphatic carbocycles. The Bertz CT molecular complexity index is 1270. The number of aromatic nitrogens is 2. The molecule has 0 unspecified atom stereocenters. The van der Waals surface area contributed by atoms with E-state index >= 15 is 0 Å². The second kappa shape index (κ2) is 8.91. The summed E-state index contributed by atoms with van der Waals surface area (Å²) in [6.45, 7) is 2.00. The second-order valence-electron chi connectivity index (χ2n) is 6.79. The highest BCUT2D eigenvalue weighted by Crippen LogP contribution is 2.29. The van der Waals surface area contributed by atoms with Gasteiger partial charge in [0.15, 0.2) is 0 Å². The lowest BCUT2D eigenvalue weighted by atomic mass is 10.1. The van der Waals surface area contributed by atoms with Crippen LogP contribution in [0.15, 0.2) is 83.3 Å². The van der Waals surface area contributed by atoms with E-state index in [4.69, 9.17) is 16.2 Å². The topological polar surface area (TPSA) is 124 Å². The van der Waals surface area contributed by atoms with Gasteiger partial charge in [-0.1, -0.05) is 24.3 Å². The number of guanidine groups is 1. The molecular formula is C23H21N7O. The maximum absolute atomic E-state index is 5.96. The number of rotatable bonds is 6. The number of nitrogens with zero attached hydrogens (tertiary/aromatic N) is 4. The van der Waals surface area contributed by atoms with Crippen molar-refractivity contribution in [2.45, 2.75) is 6.92 Å². The molecule has 4 aromatic rings. The van der Waals surface area contributed by atoms with Crippen LogP contribution in [-0.4, -0.2) is 22.1 Å². The summed E-state index contributed by atoms with van der Waals surface area (Å²) >= 11 is 0. The number of benzene rings is 3. The van der Waals surface area contributed by atoms with Crippen molar-refractivity contribution in [2.24, 2.45) is 21.7 Å². The minimum Gasteiger partial charge on any atom is -0.457 e. The molecule has 0 bridgehead atoms. The highest BCUT2D eigenvalue weighted by Gasteiger charge is 2.07. The Hall–Kier alpha value is -4.46. The van der Waals surface area contributed by atoms with Gasteiger partial charge in [0, 0.05) is 11.1 Å². The average molecular weight is 411 g/mol. The molecule has 3 aromatic carbocycles. The van der Waals surface area contributed by atoms with Gasteiger partial charge in [-0.2, -0.15) is 5.10 Å². The summed E-state index contributed by atoms with van der Waals surface area (Å²) in [7, 11) is 0. The van der Waals surface area contributed by atoms with Crippen LogP contribution in [0.3, 0.4) is 0 Å². The standard InChI is InChI=1S/C23H21N7O/c1-15-11-17(8-10-21(15)31-18-5-3-2-4-6-18)29-22-19-12-16(13-28-30-23(24)25)7-9-20(19)26-14-27-22/h2-14H,1H3,(H4,24,25,30)(H,26,27,29). The molecule has 0 amide bonds. The minimum atomic E-state index is -0.0993. The molecule has 0 aliphatic heterocycles. The van der Waals surface area contributed by atoms with Gasteiger partial charge in [-0.25, -0.2) is 9.97 Å². The number of nitrogens with one attached hydrogen (secondary N) is 1. The Labute approximate surface area is 179 Å². The first kappa shape index (κ1) is 19.8. The Morgan fingerprint density at radius 1 is 1.00 bits per heavy atom. The maximum atomic E-state index is 5.96. The number of para-hydroxylation sites is 1. The largest absolute Gasteiger partial charge is 0.457 e. The quantitative estimate of drug-likeness (QED) is 0.249. The van der Waals surface area contributed by atoms with Gasteiger partial charge in [-0.05, 0) is 60.5 Å². The molecule has 0 saturated heterocycles. The summed E-state index contributed by atoms with van der Waals surface area (Å²) in [5, 5.41) is 11.7. The molecule has 0 saturated carbocycles. The lowest BCUT2D eigenvalue weighted by Crippen LogP contribution is -2.21. The normalized spacial score (nSPS) is 10.9. The molecule has 0 radical (unpaired) electrons. The van der Waals surface area contributed by atoms with Gasteiger partial charge in [-0.15, -0.1) is 5.10 Å². The fourth-order valence-electron chi connectivity index (χ4n) is 3.01. The van der Waals surface area contributed by atoms with Crippen molar-refractivity contribution in [3.8, 4) is 11.5 Å². The van der Waals surface area contributed by atoms with Gasteiger partial charge in [-0.3, -0.25) is 0 Å². The molecule has 0 fully saturated rings. The number of aryl methyl sites for hydroxylation is 1. The number of nitrogens with two attached hydrogens (primary N) is 2. The lowest BCUT2D eigenvalue weighted by Gasteiger charge is -2.12. The zero-order valence-electron chi connectivity index (χ0n) is 16.9. The van der Waals surface area contributed by atoms with Crippen LogP contribution in [0, 0.1) is 6.92 Å². The van der Waals surface area contributed by atoms with E-state index in [1.54, 1.807) is 6.21 Å². The van der Waals surface area contributed by atoms with Crippen LogP contribution in [0.5, 0.6) is 11.5 Å². The average Bonchev–Trinajstić information content (AvgIpc) is 2.76. The van der Waals surface area contributed by atoms with Gasteiger partial charge in [0.05, 0.1) is 11.7 Å². The second-order valence-corrected chi connectivity index (χ2v) is 6.79. The Balaban J connectivity index is 1.59. The third-order valence-electron chi connectivity index (χ3n) is 4.45. The van der Waals surface area contributed by atoms with Crippen molar-refractivity contribution in [3.63, 3.8) is 0 Å². The molecule has 31 heavy (non-hydrogen) atoms. The number of hydrogen-bond donors (Lipinski definition) is 3. The van der Waals surface area contributed by atoms with E-state index in [1.807, 2.05) is 73.7 Å². The molecule has 5 N–H and O–H groups in total. The monoisotopic (exact) mass is 411 g/mol. The van der Waals surface area contributed by atoms with Gasteiger partial charge >= 0.3 is 0 Å². The summed E-state index contributed by atoms with van der Waals surface area (Å²) in [6.07, 6.45) is 3.09. The lowest BCUT2D eigenvalue weighted by molar-refractivity contribution is 0.479. The van der Waals surface area contributed by atoms with Crippen molar-refractivity contribution < 1.29 is 4.74 Å². The number of ether oxygens (including phenoxy) is 1. The van der Waals surface area contributed by atoms with E-state index in [-0.39, 0.29) is 5.96 Å². The van der Waals surface area contributed by atoms with Crippen LogP contribution in [0.4, 0.5) is 11.5 Å². The van der Waals surface area contributed by atoms with Crippen molar-refractivity contribution >= 4 is 34.6 Å². The van der Waals surface area contributed by atoms with E-state index in [2.05, 4.69) is 25.5 Å². The van der Waals surface area contributed by atoms with E-state index in [9.17, 15) is 0 Å². The van der Waals surface area contributed by atoms with Crippen LogP contribution in [0.2, 0.25) is 0 Å². The van der Waals surface area contributed by atoms with Gasteiger partial charge in [0.25, 0.3) is 0 Å². The molecular weight excluding hydrogens is 390 g/mol. The first-order chi connectivity index (χ1) is 15.1. The fraction of sp³-hybridized carbons (Fsp3) is 0.0435. The zero-order chi connectivity index (χ0) is 21.6. The highest BCUT2D eigenvalue weighted by atomic mass is 16.5. The van der Waals surface area contributed by atoms with Crippen molar-refractivity contribution in [1.29, 1.82) is 0 Å². The van der Waals surface area contributed by atoms with Crippen molar-refractivity contribution in [3.05, 3.63) is 84.2 Å². The highest BCUT2D eigenvalue weighted by molar-refractivity contribution is 5.95. The molecule has 1 heterocycles. The molecule has 1 aromatic heterocycles. The van der Waals surface area contributed by atoms with Crippen LogP contribution < -0.4 is 21.5 Å². The Morgan fingerprint density at radius 3 is 2.61 bits per heavy atom. The van der Waals surface area contributed by atoms with Crippen molar-refractivity contribution in [1.82, 2.24) is 9.97 Å². The van der Waals surface area contributed by atoms with Crippen LogP contribution >= 0.6 is 0 Å². The third kappa shape index (κ3) is 4.94. The summed E-state index contributed by atoms with van der Waals surface area (Å²) < 4.78 is 5.96. The first-order valence-electron chi connectivity index (χ1n) is 9.56. The Morgan fingerprint density at radius 2 is 1.84 bits per heavy atom. The molecule has 0 aliphatic rings. The SMILES string of the molecule is Cc1cc(Nc2ncnc3ccc(C=NN=C(N)N)cc23)ccc1Oc1ccccc1. The van der Waals surface area contributed by atoms with Gasteiger partial charge in [0.2, 0.25) is 5.96 Å². The van der Waals surface area contributed by atoms with E-state index in [1.165, 1.54) is 6.33 Å². The minimum absolute atomic E-state index is 0.0993. The molecule has 8 nitrogen and oxygen atoms in total. The molecule has 0 spiro atoms. The molecule has 4 rings (SSSR count). The van der Waals surface area contributed by atoms with Gasteiger partial charge in [0.1, 0.15) is 23.6 Å². The third-order valence-corrected chi connectivity index (χ3v) is 4.45. The predicted molar refractivity (Wildman–Crippen MR) is 124 cm³/mol. The number of hydrogen-bond acceptors (Lipinski definition) is 6. The van der Waals surface area contributed by atoms with E-state index < -0.39 is 0 Å². The summed E-state index contributed by atoms with van der Waals surface area (Å²) in [5.41, 5.74) is 14.1. The van der Waals surface area contributed by atoms with Crippen molar-refractivity contribution in [2.75, 3.05) is 5.32 Å². The van der Waals surface area contributed by atoms with E-state index in [0.717, 1.165) is 39.2 Å². The smallest absolute Gasteiger partial charge is 0.211 e. The van der Waals surface area contributed by atoms with Crippen LogP contribution in [0.25, 0.3) is 10.9 Å². The van der Waals surface area contributed by atoms with Gasteiger partial charge < -0.3 is 21.5 Å². The van der Waals surface area contributed by atoms with Crippen LogP contribution in [0.1, 0.15) is 11.1 Å². The molecule has 0 atom stereocenters. The number of fused-ring (bicyclic) bond motifs is 1. The first-order valence-corrected chi connectivity index (χ1v) is 9.56. The summed E-state index contributed by atoms with van der Waals surface area (Å²) in [6, 6.07) is 21.3. The summed E-state index contributed by atoms with van der Waals surface area (Å²) in [4.78, 5) is 8.73. The summed E-state index contributed by atoms with van der Waals surface area (Å²) in [5.74, 6) is 2.17. The molecule has 8 heteroatoms.